The van der Waals surface area contributed by atoms with E-state index in [9.17, 15) is 0 Å². The van der Waals surface area contributed by atoms with Crippen molar-refractivity contribution in [3.05, 3.63) is 47.9 Å². The molecule has 0 unspecified atom stereocenters. The summed E-state index contributed by atoms with van der Waals surface area (Å²) >= 11 is 0. The number of allylic oxidation sites excluding steroid dienone is 2. The Morgan fingerprint density at radius 2 is 1.72 bits per heavy atom. The van der Waals surface area contributed by atoms with Crippen molar-refractivity contribution in [3.63, 3.8) is 0 Å². The topological polar surface area (TPSA) is 48.8 Å². The number of methoxy groups -OCH3 is 3. The minimum Gasteiger partial charge on any atom is -0.493 e. The van der Waals surface area contributed by atoms with Crippen LogP contribution in [0.15, 0.2) is 42.4 Å². The summed E-state index contributed by atoms with van der Waals surface area (Å²) in [6.45, 7) is 2.89. The number of ether oxygens (including phenoxy) is 3. The zero-order valence-electron chi connectivity index (χ0n) is 15.2. The lowest BCUT2D eigenvalue weighted by atomic mass is 10.00. The van der Waals surface area contributed by atoms with Gasteiger partial charge in [0.15, 0.2) is 11.5 Å². The van der Waals surface area contributed by atoms with Crippen LogP contribution in [0, 0.1) is 0 Å². The van der Waals surface area contributed by atoms with E-state index in [0.29, 0.717) is 17.2 Å². The molecule has 0 amide bonds. The maximum atomic E-state index is 5.47. The molecule has 0 saturated heterocycles. The highest BCUT2D eigenvalue weighted by Gasteiger charge is 2.19. The van der Waals surface area contributed by atoms with Gasteiger partial charge in [0, 0.05) is 54.9 Å². The molecule has 2 aromatic rings. The molecule has 0 radical (unpaired) electrons. The van der Waals surface area contributed by atoms with Crippen LogP contribution in [0.5, 0.6) is 17.2 Å². The molecule has 1 aromatic carbocycles. The number of benzene rings is 1. The average molecular weight is 341 g/mol. The molecule has 3 rings (SSSR count). The monoisotopic (exact) mass is 341 g/mol. The van der Waals surface area contributed by atoms with Gasteiger partial charge >= 0.3 is 0 Å². The Morgan fingerprint density at radius 1 is 1.04 bits per heavy atom. The Balaban J connectivity index is 2.03. The molecular formula is C19H23N3O3. The van der Waals surface area contributed by atoms with Crippen molar-refractivity contribution in [1.82, 2.24) is 9.78 Å². The summed E-state index contributed by atoms with van der Waals surface area (Å²) in [7, 11) is 6.77. The third-order valence-electron chi connectivity index (χ3n) is 4.30. The van der Waals surface area contributed by atoms with E-state index in [-0.39, 0.29) is 0 Å². The van der Waals surface area contributed by atoms with Crippen LogP contribution >= 0.6 is 0 Å². The van der Waals surface area contributed by atoms with Crippen LogP contribution in [-0.4, -0.2) is 37.7 Å². The fraction of sp³-hybridized carbons (Fsp3) is 0.316. The first-order valence-corrected chi connectivity index (χ1v) is 8.02. The van der Waals surface area contributed by atoms with E-state index in [2.05, 4.69) is 29.2 Å². The van der Waals surface area contributed by atoms with E-state index >= 15 is 0 Å². The third kappa shape index (κ3) is 3.20. The van der Waals surface area contributed by atoms with Gasteiger partial charge in [-0.15, -0.1) is 0 Å². The molecule has 1 aliphatic heterocycles. The molecule has 6 heteroatoms. The standard InChI is InChI=1S/C19H23N3O3/c1-13-6-7-22(12-16(13)14-10-20-21(2)11-14)15-8-17(23-3)19(25-5)18(9-15)24-4/h6,8-12H,7H2,1-5H3. The molecule has 0 atom stereocenters. The third-order valence-corrected chi connectivity index (χ3v) is 4.30. The van der Waals surface area contributed by atoms with E-state index < -0.39 is 0 Å². The second-order valence-corrected chi connectivity index (χ2v) is 5.87. The number of anilines is 1. The van der Waals surface area contributed by atoms with Gasteiger partial charge in [-0.2, -0.15) is 5.10 Å². The van der Waals surface area contributed by atoms with Gasteiger partial charge in [0.2, 0.25) is 5.75 Å². The maximum absolute atomic E-state index is 5.47. The maximum Gasteiger partial charge on any atom is 0.203 e. The van der Waals surface area contributed by atoms with Gasteiger partial charge in [0.1, 0.15) is 0 Å². The average Bonchev–Trinajstić information content (AvgIpc) is 3.06. The molecule has 1 aliphatic rings. The summed E-state index contributed by atoms with van der Waals surface area (Å²) in [6, 6.07) is 3.90. The summed E-state index contributed by atoms with van der Waals surface area (Å²) < 4.78 is 18.1. The number of rotatable bonds is 5. The Bertz CT molecular complexity index is 811. The molecule has 0 N–H and O–H groups in total. The zero-order chi connectivity index (χ0) is 18.0. The van der Waals surface area contributed by atoms with Crippen LogP contribution < -0.4 is 19.1 Å². The van der Waals surface area contributed by atoms with Gasteiger partial charge in [0.05, 0.1) is 27.5 Å². The number of aryl methyl sites for hydroxylation is 1. The summed E-state index contributed by atoms with van der Waals surface area (Å²) in [5.74, 6) is 1.87. The molecule has 6 nitrogen and oxygen atoms in total. The molecule has 0 fully saturated rings. The first kappa shape index (κ1) is 17.0. The molecule has 1 aromatic heterocycles. The van der Waals surface area contributed by atoms with Crippen LogP contribution in [0.3, 0.4) is 0 Å². The van der Waals surface area contributed by atoms with Gasteiger partial charge in [-0.3, -0.25) is 4.68 Å². The Labute approximate surface area is 147 Å². The normalized spacial score (nSPS) is 14.0. The van der Waals surface area contributed by atoms with E-state index in [4.69, 9.17) is 14.2 Å². The Morgan fingerprint density at radius 3 is 2.24 bits per heavy atom. The molecule has 0 aliphatic carbocycles. The summed E-state index contributed by atoms with van der Waals surface area (Å²) in [4.78, 5) is 2.15. The number of hydrogen-bond acceptors (Lipinski definition) is 5. The zero-order valence-corrected chi connectivity index (χ0v) is 15.2. The highest BCUT2D eigenvalue weighted by Crippen LogP contribution is 2.42. The van der Waals surface area contributed by atoms with E-state index in [0.717, 1.165) is 23.4 Å². The van der Waals surface area contributed by atoms with Crippen molar-refractivity contribution in [3.8, 4) is 17.2 Å². The van der Waals surface area contributed by atoms with Gasteiger partial charge in [-0.05, 0) is 12.5 Å². The van der Waals surface area contributed by atoms with Gasteiger partial charge < -0.3 is 19.1 Å². The van der Waals surface area contributed by atoms with Crippen molar-refractivity contribution in [2.45, 2.75) is 6.92 Å². The lowest BCUT2D eigenvalue weighted by Gasteiger charge is -2.26. The fourth-order valence-electron chi connectivity index (χ4n) is 2.93. The second kappa shape index (κ2) is 6.93. The van der Waals surface area contributed by atoms with Crippen molar-refractivity contribution in [1.29, 1.82) is 0 Å². The number of nitrogens with zero attached hydrogens (tertiary/aromatic N) is 3. The van der Waals surface area contributed by atoms with Crippen LogP contribution in [0.2, 0.25) is 0 Å². The Hall–Kier alpha value is -2.89. The molecule has 0 bridgehead atoms. The highest BCUT2D eigenvalue weighted by molar-refractivity contribution is 5.82. The van der Waals surface area contributed by atoms with Crippen molar-refractivity contribution in [2.75, 3.05) is 32.8 Å². The predicted molar refractivity (Wildman–Crippen MR) is 98.4 cm³/mol. The summed E-state index contributed by atoms with van der Waals surface area (Å²) in [5, 5.41) is 4.28. The minimum atomic E-state index is 0.592. The SMILES string of the molecule is COc1cc(N2C=C(c3cnn(C)c3)C(C)=CC2)cc(OC)c1OC. The predicted octanol–water partition coefficient (Wildman–Crippen LogP) is 3.25. The lowest BCUT2D eigenvalue weighted by Crippen LogP contribution is -2.20. The molecule has 0 spiro atoms. The molecule has 2 heterocycles. The van der Waals surface area contributed by atoms with Crippen LogP contribution in [0.25, 0.3) is 5.57 Å². The second-order valence-electron chi connectivity index (χ2n) is 5.87. The van der Waals surface area contributed by atoms with Gasteiger partial charge in [0.25, 0.3) is 0 Å². The Kier molecular flexibility index (Phi) is 4.70. The molecular weight excluding hydrogens is 318 g/mol. The molecule has 0 saturated carbocycles. The van der Waals surface area contributed by atoms with Crippen molar-refractivity contribution >= 4 is 11.3 Å². The van der Waals surface area contributed by atoms with E-state index in [1.54, 1.807) is 21.3 Å². The van der Waals surface area contributed by atoms with E-state index in [1.165, 1.54) is 5.57 Å². The van der Waals surface area contributed by atoms with Gasteiger partial charge in [-0.25, -0.2) is 0 Å². The minimum absolute atomic E-state index is 0.592. The van der Waals surface area contributed by atoms with Crippen molar-refractivity contribution < 1.29 is 14.2 Å². The van der Waals surface area contributed by atoms with Gasteiger partial charge in [-0.1, -0.05) is 6.08 Å². The van der Waals surface area contributed by atoms with E-state index in [1.807, 2.05) is 36.3 Å². The molecule has 25 heavy (non-hydrogen) atoms. The van der Waals surface area contributed by atoms with Crippen LogP contribution in [0.1, 0.15) is 12.5 Å². The lowest BCUT2D eigenvalue weighted by molar-refractivity contribution is 0.324. The van der Waals surface area contributed by atoms with Crippen LogP contribution in [-0.2, 0) is 7.05 Å². The van der Waals surface area contributed by atoms with Crippen LogP contribution in [0.4, 0.5) is 5.69 Å². The number of aromatic nitrogens is 2. The first-order valence-electron chi connectivity index (χ1n) is 8.02. The quantitative estimate of drug-likeness (QED) is 0.835. The summed E-state index contributed by atoms with van der Waals surface area (Å²) in [5.41, 5.74) is 4.44. The summed E-state index contributed by atoms with van der Waals surface area (Å²) in [6.07, 6.45) is 8.22. The first-order chi connectivity index (χ1) is 12.1. The smallest absolute Gasteiger partial charge is 0.203 e. The number of hydrogen-bond donors (Lipinski definition) is 0. The molecule has 132 valence electrons. The largest absolute Gasteiger partial charge is 0.493 e. The highest BCUT2D eigenvalue weighted by atomic mass is 16.5. The fourth-order valence-corrected chi connectivity index (χ4v) is 2.93. The van der Waals surface area contributed by atoms with Crippen molar-refractivity contribution in [2.24, 2.45) is 7.05 Å².